The predicted molar refractivity (Wildman–Crippen MR) is 85.1 cm³/mol. The highest BCUT2D eigenvalue weighted by Crippen LogP contribution is 2.16. The number of hydrogen-bond donors (Lipinski definition) is 1. The van der Waals surface area contributed by atoms with Crippen molar-refractivity contribution >= 4 is 23.5 Å². The highest BCUT2D eigenvalue weighted by Gasteiger charge is 2.14. The Morgan fingerprint density at radius 3 is 2.71 bits per heavy atom. The summed E-state index contributed by atoms with van der Waals surface area (Å²) in [5.41, 5.74) is 0. The molecule has 0 radical (unpaired) electrons. The zero-order chi connectivity index (χ0) is 15.1. The van der Waals surface area contributed by atoms with Crippen LogP contribution in [0.2, 0.25) is 5.28 Å². The van der Waals surface area contributed by atoms with E-state index >= 15 is 0 Å². The fraction of sp³-hybridized carbons (Fsp3) is 0.786. The van der Waals surface area contributed by atoms with E-state index < -0.39 is 0 Å². The van der Waals surface area contributed by atoms with E-state index in [2.05, 4.69) is 34.1 Å². The van der Waals surface area contributed by atoms with E-state index in [1.54, 1.807) is 0 Å². The van der Waals surface area contributed by atoms with Gasteiger partial charge in [0, 0.05) is 26.2 Å². The Labute approximate surface area is 131 Å². The van der Waals surface area contributed by atoms with Crippen LogP contribution in [0.4, 0.5) is 11.9 Å². The molecular weight excluding hydrogens is 290 g/mol. The first-order valence-electron chi connectivity index (χ1n) is 7.75. The zero-order valence-corrected chi connectivity index (χ0v) is 13.6. The number of hydrogen-bond acceptors (Lipinski definition) is 6. The van der Waals surface area contributed by atoms with Gasteiger partial charge in [-0.15, -0.1) is 0 Å². The van der Waals surface area contributed by atoms with Gasteiger partial charge in [0.05, 0.1) is 6.10 Å². The first-order chi connectivity index (χ1) is 10.2. The van der Waals surface area contributed by atoms with Crippen molar-refractivity contribution < 1.29 is 4.74 Å². The number of nitrogens with one attached hydrogen (secondary N) is 1. The summed E-state index contributed by atoms with van der Waals surface area (Å²) in [6.45, 7) is 7.47. The topological polar surface area (TPSA) is 63.2 Å². The van der Waals surface area contributed by atoms with Crippen molar-refractivity contribution in [1.29, 1.82) is 0 Å². The highest BCUT2D eigenvalue weighted by atomic mass is 35.5. The molecule has 1 aromatic rings. The molecule has 21 heavy (non-hydrogen) atoms. The van der Waals surface area contributed by atoms with Crippen molar-refractivity contribution in [2.45, 2.75) is 45.6 Å². The van der Waals surface area contributed by atoms with Gasteiger partial charge < -0.3 is 15.0 Å². The van der Waals surface area contributed by atoms with Crippen molar-refractivity contribution in [2.75, 3.05) is 36.5 Å². The molecule has 7 heteroatoms. The van der Waals surface area contributed by atoms with E-state index in [1.807, 2.05) is 4.90 Å². The largest absolute Gasteiger partial charge is 0.378 e. The van der Waals surface area contributed by atoms with Gasteiger partial charge >= 0.3 is 0 Å². The second kappa shape index (κ2) is 8.34. The molecule has 6 nitrogen and oxygen atoms in total. The van der Waals surface area contributed by atoms with Crippen LogP contribution in [0.3, 0.4) is 0 Å². The molecule has 1 unspecified atom stereocenters. The molecule has 0 saturated carbocycles. The number of rotatable bonds is 7. The Bertz CT molecular complexity index is 435. The summed E-state index contributed by atoms with van der Waals surface area (Å²) < 4.78 is 5.71. The van der Waals surface area contributed by atoms with Crippen molar-refractivity contribution in [3.05, 3.63) is 5.28 Å². The quantitative estimate of drug-likeness (QED) is 0.835. The summed E-state index contributed by atoms with van der Waals surface area (Å²) in [5.74, 6) is 1.16. The smallest absolute Gasteiger partial charge is 0.231 e. The maximum Gasteiger partial charge on any atom is 0.231 e. The average Bonchev–Trinajstić information content (AvgIpc) is 2.49. The molecule has 1 fully saturated rings. The van der Waals surface area contributed by atoms with Gasteiger partial charge in [-0.2, -0.15) is 15.0 Å². The van der Waals surface area contributed by atoms with Crippen LogP contribution in [0.5, 0.6) is 0 Å². The number of halogens is 1. The van der Waals surface area contributed by atoms with E-state index in [0.29, 0.717) is 18.0 Å². The Hall–Kier alpha value is -1.14. The van der Waals surface area contributed by atoms with Gasteiger partial charge in [0.2, 0.25) is 17.2 Å². The molecule has 1 aromatic heterocycles. The molecule has 2 heterocycles. The highest BCUT2D eigenvalue weighted by molar-refractivity contribution is 6.28. The maximum atomic E-state index is 5.98. The van der Waals surface area contributed by atoms with E-state index in [-0.39, 0.29) is 5.28 Å². The fourth-order valence-corrected chi connectivity index (χ4v) is 2.60. The second-order valence-electron chi connectivity index (χ2n) is 5.10. The third-order valence-electron chi connectivity index (χ3n) is 3.67. The minimum Gasteiger partial charge on any atom is -0.378 e. The van der Waals surface area contributed by atoms with E-state index in [0.717, 1.165) is 39.1 Å². The van der Waals surface area contributed by atoms with E-state index in [9.17, 15) is 0 Å². The molecule has 1 aliphatic heterocycles. The summed E-state index contributed by atoms with van der Waals surface area (Å²) in [4.78, 5) is 14.8. The molecule has 1 aliphatic rings. The van der Waals surface area contributed by atoms with Gasteiger partial charge in [-0.25, -0.2) is 0 Å². The first-order valence-corrected chi connectivity index (χ1v) is 8.12. The average molecular weight is 314 g/mol. The number of ether oxygens (including phenoxy) is 1. The van der Waals surface area contributed by atoms with Gasteiger partial charge in [-0.1, -0.05) is 0 Å². The predicted octanol–water partition coefficient (Wildman–Crippen LogP) is 2.74. The molecule has 0 bridgehead atoms. The molecule has 1 saturated heterocycles. The van der Waals surface area contributed by atoms with Crippen LogP contribution in [-0.2, 0) is 4.74 Å². The molecule has 0 aromatic carbocycles. The number of nitrogens with zero attached hydrogens (tertiary/aromatic N) is 4. The summed E-state index contributed by atoms with van der Waals surface area (Å²) in [6.07, 6.45) is 4.90. The van der Waals surface area contributed by atoms with Crippen LogP contribution in [0.1, 0.15) is 39.5 Å². The van der Waals surface area contributed by atoms with Gasteiger partial charge in [0.15, 0.2) is 0 Å². The Balaban J connectivity index is 1.90. The molecule has 2 rings (SSSR count). The van der Waals surface area contributed by atoms with Crippen LogP contribution in [-0.4, -0.2) is 47.3 Å². The number of anilines is 2. The van der Waals surface area contributed by atoms with Crippen LogP contribution in [0.25, 0.3) is 0 Å². The maximum absolute atomic E-state index is 5.98. The summed E-state index contributed by atoms with van der Waals surface area (Å²) in [6, 6.07) is 0. The number of aromatic nitrogens is 3. The lowest BCUT2D eigenvalue weighted by Crippen LogP contribution is -2.25. The molecule has 118 valence electrons. The van der Waals surface area contributed by atoms with Crippen LogP contribution >= 0.6 is 11.6 Å². The monoisotopic (exact) mass is 313 g/mol. The third kappa shape index (κ3) is 4.97. The standard InChI is InChI=1S/C14H24ClN5O/c1-3-20(4-2)14-18-12(15)17-13(19-14)16-9-8-11-7-5-6-10-21-11/h11H,3-10H2,1-2H3,(H,16,17,18,19). The Kier molecular flexibility index (Phi) is 6.45. The van der Waals surface area contributed by atoms with Crippen LogP contribution in [0, 0.1) is 0 Å². The fourth-order valence-electron chi connectivity index (χ4n) is 2.45. The minimum atomic E-state index is 0.225. The van der Waals surface area contributed by atoms with Gasteiger partial charge in [0.1, 0.15) is 0 Å². The molecular formula is C14H24ClN5O. The Morgan fingerprint density at radius 2 is 2.05 bits per heavy atom. The van der Waals surface area contributed by atoms with E-state index in [4.69, 9.17) is 16.3 Å². The summed E-state index contributed by atoms with van der Waals surface area (Å²) >= 11 is 5.98. The normalized spacial score (nSPS) is 18.5. The lowest BCUT2D eigenvalue weighted by atomic mass is 10.1. The molecule has 0 aliphatic carbocycles. The summed E-state index contributed by atoms with van der Waals surface area (Å²) in [7, 11) is 0. The molecule has 0 spiro atoms. The minimum absolute atomic E-state index is 0.225. The van der Waals surface area contributed by atoms with Gasteiger partial charge in [0.25, 0.3) is 0 Å². The van der Waals surface area contributed by atoms with Gasteiger partial charge in [-0.3, -0.25) is 0 Å². The lowest BCUT2D eigenvalue weighted by molar-refractivity contribution is 0.0134. The van der Waals surface area contributed by atoms with Crippen molar-refractivity contribution in [2.24, 2.45) is 0 Å². The third-order valence-corrected chi connectivity index (χ3v) is 3.84. The second-order valence-corrected chi connectivity index (χ2v) is 5.44. The molecule has 1 atom stereocenters. The van der Waals surface area contributed by atoms with Crippen molar-refractivity contribution in [3.8, 4) is 0 Å². The molecule has 1 N–H and O–H groups in total. The molecule has 0 amide bonds. The SMILES string of the molecule is CCN(CC)c1nc(Cl)nc(NCCC2CCCCO2)n1. The van der Waals surface area contributed by atoms with Crippen molar-refractivity contribution in [3.63, 3.8) is 0 Å². The van der Waals surface area contributed by atoms with Gasteiger partial charge in [-0.05, 0) is 51.1 Å². The lowest BCUT2D eigenvalue weighted by Gasteiger charge is -2.22. The Morgan fingerprint density at radius 1 is 1.24 bits per heavy atom. The van der Waals surface area contributed by atoms with Crippen molar-refractivity contribution in [1.82, 2.24) is 15.0 Å². The zero-order valence-electron chi connectivity index (χ0n) is 12.8. The first kappa shape index (κ1) is 16.2. The van der Waals surface area contributed by atoms with Crippen LogP contribution in [0.15, 0.2) is 0 Å². The van der Waals surface area contributed by atoms with E-state index in [1.165, 1.54) is 12.8 Å². The summed E-state index contributed by atoms with van der Waals surface area (Å²) in [5, 5.41) is 3.45. The van der Waals surface area contributed by atoms with Crippen LogP contribution < -0.4 is 10.2 Å².